The molecule has 2 aliphatic heterocycles. The van der Waals surface area contributed by atoms with E-state index in [1.807, 2.05) is 35.4 Å². The molecule has 6 nitrogen and oxygen atoms in total. The number of nitrogens with zero attached hydrogens (tertiary/aromatic N) is 4. The highest BCUT2D eigenvalue weighted by Gasteiger charge is 2.30. The number of hydrogen-bond acceptors (Lipinski definition) is 5. The maximum Gasteiger partial charge on any atom is 0.251 e. The first-order valence-electron chi connectivity index (χ1n) is 8.18. The second-order valence-corrected chi connectivity index (χ2v) is 6.04. The molecule has 23 heavy (non-hydrogen) atoms. The number of rotatable bonds is 2. The molecule has 0 bridgehead atoms. The van der Waals surface area contributed by atoms with Crippen LogP contribution in [-0.2, 0) is 9.53 Å². The number of ether oxygens (including phenoxy) is 1. The third kappa shape index (κ3) is 2.86. The van der Waals surface area contributed by atoms with Crippen LogP contribution in [0.4, 0.5) is 5.95 Å². The largest absolute Gasteiger partial charge is 0.368 e. The summed E-state index contributed by atoms with van der Waals surface area (Å²) >= 11 is 0. The molecule has 3 heterocycles. The Balaban J connectivity index is 1.43. The van der Waals surface area contributed by atoms with E-state index in [4.69, 9.17) is 4.74 Å². The van der Waals surface area contributed by atoms with Gasteiger partial charge in [-0.05, 0) is 18.9 Å². The molecule has 2 aromatic rings. The van der Waals surface area contributed by atoms with Crippen molar-refractivity contribution >= 4 is 22.8 Å². The zero-order valence-electron chi connectivity index (χ0n) is 13.0. The summed E-state index contributed by atoms with van der Waals surface area (Å²) < 4.78 is 5.50. The van der Waals surface area contributed by atoms with E-state index in [9.17, 15) is 4.79 Å². The van der Waals surface area contributed by atoms with Crippen molar-refractivity contribution in [3.8, 4) is 0 Å². The van der Waals surface area contributed by atoms with Gasteiger partial charge in [0.25, 0.3) is 5.91 Å². The number of para-hydroxylation sites is 1. The van der Waals surface area contributed by atoms with Gasteiger partial charge in [0.2, 0.25) is 5.95 Å². The fourth-order valence-corrected chi connectivity index (χ4v) is 3.22. The topological polar surface area (TPSA) is 58.6 Å². The van der Waals surface area contributed by atoms with Gasteiger partial charge in [-0.2, -0.15) is 0 Å². The van der Waals surface area contributed by atoms with Crippen LogP contribution in [0.1, 0.15) is 12.8 Å². The summed E-state index contributed by atoms with van der Waals surface area (Å²) in [5.74, 6) is 0.884. The van der Waals surface area contributed by atoms with Crippen LogP contribution in [0.15, 0.2) is 30.5 Å². The van der Waals surface area contributed by atoms with E-state index in [1.165, 1.54) is 0 Å². The van der Waals surface area contributed by atoms with Crippen molar-refractivity contribution in [2.45, 2.75) is 18.9 Å². The van der Waals surface area contributed by atoms with Gasteiger partial charge >= 0.3 is 0 Å². The van der Waals surface area contributed by atoms with Gasteiger partial charge in [0.15, 0.2) is 0 Å². The lowest BCUT2D eigenvalue weighted by atomic mass is 10.2. The first-order chi connectivity index (χ1) is 11.3. The Hall–Kier alpha value is -2.21. The second kappa shape index (κ2) is 6.12. The number of benzene rings is 1. The van der Waals surface area contributed by atoms with Gasteiger partial charge in [-0.3, -0.25) is 4.79 Å². The summed E-state index contributed by atoms with van der Waals surface area (Å²) in [7, 11) is 0. The molecule has 0 N–H and O–H groups in total. The summed E-state index contributed by atoms with van der Waals surface area (Å²) in [5.41, 5.74) is 0.954. The number of piperazine rings is 1. The Labute approximate surface area is 135 Å². The van der Waals surface area contributed by atoms with Crippen molar-refractivity contribution in [2.24, 2.45) is 0 Å². The molecule has 1 aromatic carbocycles. The highest BCUT2D eigenvalue weighted by molar-refractivity contribution is 5.81. The van der Waals surface area contributed by atoms with Crippen molar-refractivity contribution in [1.29, 1.82) is 0 Å². The number of aromatic nitrogens is 2. The molecule has 4 rings (SSSR count). The number of carbonyl (C=O) groups is 1. The van der Waals surface area contributed by atoms with Gasteiger partial charge in [0.1, 0.15) is 6.10 Å². The van der Waals surface area contributed by atoms with Crippen molar-refractivity contribution < 1.29 is 9.53 Å². The molecule has 0 saturated carbocycles. The molecule has 120 valence electrons. The number of anilines is 1. The summed E-state index contributed by atoms with van der Waals surface area (Å²) in [6.07, 6.45) is 3.48. The van der Waals surface area contributed by atoms with Gasteiger partial charge < -0.3 is 14.5 Å². The van der Waals surface area contributed by atoms with Crippen molar-refractivity contribution in [3.63, 3.8) is 0 Å². The lowest BCUT2D eigenvalue weighted by molar-refractivity contribution is -0.141. The maximum atomic E-state index is 12.4. The standard InChI is InChI=1S/C17H20N4O2/c22-16(15-6-3-11-23-15)20-7-9-21(10-8-20)17-18-12-13-4-1-2-5-14(13)19-17/h1-2,4-5,12,15H,3,6-11H2. The lowest BCUT2D eigenvalue weighted by Gasteiger charge is -2.35. The zero-order chi connectivity index (χ0) is 15.6. The van der Waals surface area contributed by atoms with Crippen LogP contribution in [0.5, 0.6) is 0 Å². The van der Waals surface area contributed by atoms with Gasteiger partial charge in [-0.1, -0.05) is 18.2 Å². The van der Waals surface area contributed by atoms with E-state index in [0.29, 0.717) is 19.7 Å². The van der Waals surface area contributed by atoms with Crippen LogP contribution in [0.25, 0.3) is 10.9 Å². The Morgan fingerprint density at radius 2 is 2.00 bits per heavy atom. The van der Waals surface area contributed by atoms with Crippen molar-refractivity contribution in [2.75, 3.05) is 37.7 Å². The molecule has 0 radical (unpaired) electrons. The van der Waals surface area contributed by atoms with Crippen LogP contribution in [-0.4, -0.2) is 59.7 Å². The summed E-state index contributed by atoms with van der Waals surface area (Å²) in [6, 6.07) is 7.98. The molecule has 2 saturated heterocycles. The first kappa shape index (κ1) is 14.4. The minimum absolute atomic E-state index is 0.140. The molecule has 1 amide bonds. The van der Waals surface area contributed by atoms with E-state index in [2.05, 4.69) is 14.9 Å². The van der Waals surface area contributed by atoms with Crippen LogP contribution in [0.2, 0.25) is 0 Å². The molecule has 6 heteroatoms. The molecule has 1 unspecified atom stereocenters. The minimum atomic E-state index is -0.224. The van der Waals surface area contributed by atoms with Crippen LogP contribution in [0, 0.1) is 0 Å². The third-order valence-corrected chi connectivity index (χ3v) is 4.56. The number of amides is 1. The Bertz CT molecular complexity index is 707. The fourth-order valence-electron chi connectivity index (χ4n) is 3.22. The maximum absolute atomic E-state index is 12.4. The highest BCUT2D eigenvalue weighted by Crippen LogP contribution is 2.19. The SMILES string of the molecule is O=C(C1CCCO1)N1CCN(c2ncc3ccccc3n2)CC1. The van der Waals surface area contributed by atoms with E-state index in [1.54, 1.807) is 0 Å². The van der Waals surface area contributed by atoms with Crippen LogP contribution >= 0.6 is 0 Å². The van der Waals surface area contributed by atoms with E-state index < -0.39 is 0 Å². The Morgan fingerprint density at radius 1 is 1.17 bits per heavy atom. The van der Waals surface area contributed by atoms with Crippen molar-refractivity contribution in [3.05, 3.63) is 30.5 Å². The lowest BCUT2D eigenvalue weighted by Crippen LogP contribution is -2.51. The molecular formula is C17H20N4O2. The van der Waals surface area contributed by atoms with Gasteiger partial charge in [-0.15, -0.1) is 0 Å². The van der Waals surface area contributed by atoms with Crippen molar-refractivity contribution in [1.82, 2.24) is 14.9 Å². The first-order valence-corrected chi connectivity index (χ1v) is 8.18. The predicted octanol–water partition coefficient (Wildman–Crippen LogP) is 1.46. The second-order valence-electron chi connectivity index (χ2n) is 6.04. The van der Waals surface area contributed by atoms with Gasteiger partial charge in [0.05, 0.1) is 5.52 Å². The van der Waals surface area contributed by atoms with E-state index in [0.717, 1.165) is 42.8 Å². The van der Waals surface area contributed by atoms with E-state index in [-0.39, 0.29) is 12.0 Å². The van der Waals surface area contributed by atoms with Crippen LogP contribution in [0.3, 0.4) is 0 Å². The summed E-state index contributed by atoms with van der Waals surface area (Å²) in [6.45, 7) is 3.64. The minimum Gasteiger partial charge on any atom is -0.368 e. The average molecular weight is 312 g/mol. The zero-order valence-corrected chi connectivity index (χ0v) is 13.0. The molecule has 2 fully saturated rings. The highest BCUT2D eigenvalue weighted by atomic mass is 16.5. The molecule has 0 aliphatic carbocycles. The monoisotopic (exact) mass is 312 g/mol. The smallest absolute Gasteiger partial charge is 0.251 e. The van der Waals surface area contributed by atoms with E-state index >= 15 is 0 Å². The molecule has 2 aliphatic rings. The quantitative estimate of drug-likeness (QED) is 0.840. The number of hydrogen-bond donors (Lipinski definition) is 0. The third-order valence-electron chi connectivity index (χ3n) is 4.56. The molecule has 1 atom stereocenters. The predicted molar refractivity (Wildman–Crippen MR) is 87.3 cm³/mol. The Morgan fingerprint density at radius 3 is 2.78 bits per heavy atom. The molecular weight excluding hydrogens is 292 g/mol. The fraction of sp³-hybridized carbons (Fsp3) is 0.471. The summed E-state index contributed by atoms with van der Waals surface area (Å²) in [5, 5.41) is 1.04. The number of fused-ring (bicyclic) bond motifs is 1. The normalized spacial score (nSPS) is 21.8. The van der Waals surface area contributed by atoms with Crippen LogP contribution < -0.4 is 4.90 Å². The average Bonchev–Trinajstić information content (AvgIpc) is 3.15. The molecule has 1 aromatic heterocycles. The van der Waals surface area contributed by atoms with Gasteiger partial charge in [-0.25, -0.2) is 9.97 Å². The number of carbonyl (C=O) groups excluding carboxylic acids is 1. The molecule has 0 spiro atoms. The Kier molecular flexibility index (Phi) is 3.83. The summed E-state index contributed by atoms with van der Waals surface area (Å²) in [4.78, 5) is 25.5. The van der Waals surface area contributed by atoms with Gasteiger partial charge in [0, 0.05) is 44.4 Å².